The molecular formula is C11H14ClNO. The van der Waals surface area contributed by atoms with Gasteiger partial charge in [0.15, 0.2) is 0 Å². The van der Waals surface area contributed by atoms with Crippen LogP contribution in [0.25, 0.3) is 0 Å². The number of aryl methyl sites for hydroxylation is 1. The summed E-state index contributed by atoms with van der Waals surface area (Å²) in [6.07, 6.45) is 4.51. The first-order chi connectivity index (χ1) is 6.29. The van der Waals surface area contributed by atoms with E-state index in [4.69, 9.17) is 5.73 Å². The van der Waals surface area contributed by atoms with Gasteiger partial charge in [-0.1, -0.05) is 12.1 Å². The van der Waals surface area contributed by atoms with Crippen LogP contribution in [0, 0.1) is 0 Å². The van der Waals surface area contributed by atoms with E-state index in [1.165, 1.54) is 24.0 Å². The molecule has 0 unspecified atom stereocenters. The average molecular weight is 212 g/mol. The maximum atomic E-state index is 11.1. The zero-order chi connectivity index (χ0) is 9.26. The van der Waals surface area contributed by atoms with E-state index in [0.717, 1.165) is 18.4 Å². The highest BCUT2D eigenvalue weighted by atomic mass is 35.5. The molecule has 0 bridgehead atoms. The van der Waals surface area contributed by atoms with E-state index in [0.29, 0.717) is 0 Å². The molecule has 76 valence electrons. The van der Waals surface area contributed by atoms with Gasteiger partial charge in [-0.15, -0.1) is 12.4 Å². The van der Waals surface area contributed by atoms with Crippen LogP contribution in [0.4, 0.5) is 0 Å². The summed E-state index contributed by atoms with van der Waals surface area (Å²) in [5.41, 5.74) is 8.51. The number of rotatable bonds is 1. The molecule has 0 atom stereocenters. The highest BCUT2D eigenvalue weighted by Crippen LogP contribution is 2.23. The monoisotopic (exact) mass is 211 g/mol. The minimum Gasteiger partial charge on any atom is -0.366 e. The summed E-state index contributed by atoms with van der Waals surface area (Å²) < 4.78 is 0. The number of halogens is 1. The molecule has 0 saturated heterocycles. The van der Waals surface area contributed by atoms with E-state index in [1.807, 2.05) is 12.1 Å². The Morgan fingerprint density at radius 3 is 2.64 bits per heavy atom. The van der Waals surface area contributed by atoms with Crippen LogP contribution >= 0.6 is 12.4 Å². The molecule has 1 aliphatic rings. The number of carbonyl (C=O) groups excluding carboxylic acids is 1. The molecule has 0 fully saturated rings. The summed E-state index contributed by atoms with van der Waals surface area (Å²) in [5, 5.41) is 0. The molecule has 14 heavy (non-hydrogen) atoms. The van der Waals surface area contributed by atoms with E-state index in [-0.39, 0.29) is 18.3 Å². The second-order valence-electron chi connectivity index (χ2n) is 3.51. The first-order valence-corrected chi connectivity index (χ1v) is 4.69. The topological polar surface area (TPSA) is 43.1 Å². The van der Waals surface area contributed by atoms with E-state index >= 15 is 0 Å². The summed E-state index contributed by atoms with van der Waals surface area (Å²) in [7, 11) is 0. The molecule has 0 spiro atoms. The van der Waals surface area contributed by atoms with E-state index in [1.54, 1.807) is 0 Å². The molecule has 1 amide bonds. The third-order valence-corrected chi connectivity index (χ3v) is 2.66. The minimum absolute atomic E-state index is 0. The summed E-state index contributed by atoms with van der Waals surface area (Å²) >= 11 is 0. The van der Waals surface area contributed by atoms with Crippen molar-refractivity contribution in [3.05, 3.63) is 34.9 Å². The molecule has 0 heterocycles. The molecule has 2 nitrogen and oxygen atoms in total. The number of carbonyl (C=O) groups is 1. The lowest BCUT2D eigenvalue weighted by Crippen LogP contribution is -2.16. The number of fused-ring (bicyclic) bond motifs is 1. The maximum absolute atomic E-state index is 11.1. The van der Waals surface area contributed by atoms with Crippen molar-refractivity contribution >= 4 is 18.3 Å². The van der Waals surface area contributed by atoms with Crippen LogP contribution in [0.2, 0.25) is 0 Å². The van der Waals surface area contributed by atoms with Crippen LogP contribution in [0.15, 0.2) is 18.2 Å². The molecule has 0 radical (unpaired) electrons. The Bertz CT molecular complexity index is 349. The number of amides is 1. The highest BCUT2D eigenvalue weighted by molar-refractivity contribution is 5.94. The van der Waals surface area contributed by atoms with Gasteiger partial charge in [-0.25, -0.2) is 0 Å². The van der Waals surface area contributed by atoms with Gasteiger partial charge in [0.1, 0.15) is 0 Å². The molecule has 3 heteroatoms. The van der Waals surface area contributed by atoms with Crippen molar-refractivity contribution < 1.29 is 4.79 Å². The van der Waals surface area contributed by atoms with Gasteiger partial charge in [0.2, 0.25) is 5.91 Å². The lowest BCUT2D eigenvalue weighted by molar-refractivity contribution is 0.0999. The van der Waals surface area contributed by atoms with Gasteiger partial charge >= 0.3 is 0 Å². The van der Waals surface area contributed by atoms with Gasteiger partial charge < -0.3 is 5.73 Å². The smallest absolute Gasteiger partial charge is 0.248 e. The largest absolute Gasteiger partial charge is 0.366 e. The number of benzene rings is 1. The van der Waals surface area contributed by atoms with E-state index < -0.39 is 0 Å². The highest BCUT2D eigenvalue weighted by Gasteiger charge is 2.14. The van der Waals surface area contributed by atoms with Crippen LogP contribution in [0.5, 0.6) is 0 Å². The zero-order valence-corrected chi connectivity index (χ0v) is 8.77. The first kappa shape index (κ1) is 11.1. The number of primary amides is 1. The van der Waals surface area contributed by atoms with Gasteiger partial charge in [0, 0.05) is 5.56 Å². The Kier molecular flexibility index (Phi) is 3.53. The lowest BCUT2D eigenvalue weighted by atomic mass is 9.88. The second kappa shape index (κ2) is 4.47. The van der Waals surface area contributed by atoms with Gasteiger partial charge in [-0.2, -0.15) is 0 Å². The Labute approximate surface area is 89.9 Å². The average Bonchev–Trinajstić information content (AvgIpc) is 2.17. The lowest BCUT2D eigenvalue weighted by Gasteiger charge is -2.17. The summed E-state index contributed by atoms with van der Waals surface area (Å²) in [5.74, 6) is -0.293. The summed E-state index contributed by atoms with van der Waals surface area (Å²) in [6, 6.07) is 5.84. The fraction of sp³-hybridized carbons (Fsp3) is 0.364. The van der Waals surface area contributed by atoms with E-state index in [2.05, 4.69) is 6.07 Å². The first-order valence-electron chi connectivity index (χ1n) is 4.69. The predicted molar refractivity (Wildman–Crippen MR) is 58.8 cm³/mol. The van der Waals surface area contributed by atoms with Crippen molar-refractivity contribution in [2.24, 2.45) is 5.73 Å². The normalized spacial score (nSPS) is 14.0. The number of hydrogen-bond donors (Lipinski definition) is 1. The van der Waals surface area contributed by atoms with Crippen LogP contribution < -0.4 is 5.73 Å². The van der Waals surface area contributed by atoms with Gasteiger partial charge in [-0.05, 0) is 42.9 Å². The fourth-order valence-corrected chi connectivity index (χ4v) is 2.01. The van der Waals surface area contributed by atoms with Crippen molar-refractivity contribution in [2.45, 2.75) is 25.7 Å². The quantitative estimate of drug-likeness (QED) is 0.760. The molecule has 1 aliphatic carbocycles. The Morgan fingerprint density at radius 2 is 1.93 bits per heavy atom. The standard InChI is InChI=1S/C11H13NO.ClH/c12-11(13)10-7-3-5-8-4-1-2-6-9(8)10;/h3,5,7H,1-2,4,6H2,(H2,12,13);1H. The molecule has 2 N–H and O–H groups in total. The predicted octanol–water partition coefficient (Wildman–Crippen LogP) is 2.09. The van der Waals surface area contributed by atoms with Crippen molar-refractivity contribution in [3.63, 3.8) is 0 Å². The number of nitrogens with two attached hydrogens (primary N) is 1. The molecule has 1 aromatic rings. The van der Waals surface area contributed by atoms with Crippen LogP contribution in [-0.4, -0.2) is 5.91 Å². The third-order valence-electron chi connectivity index (χ3n) is 2.66. The maximum Gasteiger partial charge on any atom is 0.248 e. The number of hydrogen-bond acceptors (Lipinski definition) is 1. The molecule has 1 aromatic carbocycles. The summed E-state index contributed by atoms with van der Waals surface area (Å²) in [4.78, 5) is 11.1. The van der Waals surface area contributed by atoms with Crippen molar-refractivity contribution in [3.8, 4) is 0 Å². The Balaban J connectivity index is 0.000000980. The Morgan fingerprint density at radius 1 is 1.21 bits per heavy atom. The van der Waals surface area contributed by atoms with Gasteiger partial charge in [0.05, 0.1) is 0 Å². The van der Waals surface area contributed by atoms with Crippen LogP contribution in [0.1, 0.15) is 34.3 Å². The SMILES string of the molecule is Cl.NC(=O)c1cccc2c1CCCC2. The Hall–Kier alpha value is -1.02. The van der Waals surface area contributed by atoms with Crippen molar-refractivity contribution in [1.82, 2.24) is 0 Å². The summed E-state index contributed by atoms with van der Waals surface area (Å²) in [6.45, 7) is 0. The molecule has 2 rings (SSSR count). The minimum atomic E-state index is -0.293. The molecule has 0 aliphatic heterocycles. The molecule has 0 aromatic heterocycles. The molecule has 0 saturated carbocycles. The fourth-order valence-electron chi connectivity index (χ4n) is 2.01. The zero-order valence-electron chi connectivity index (χ0n) is 7.95. The third kappa shape index (κ3) is 1.90. The van der Waals surface area contributed by atoms with Crippen molar-refractivity contribution in [1.29, 1.82) is 0 Å². The van der Waals surface area contributed by atoms with E-state index in [9.17, 15) is 4.79 Å². The molecular weight excluding hydrogens is 198 g/mol. The van der Waals surface area contributed by atoms with Crippen LogP contribution in [0.3, 0.4) is 0 Å². The van der Waals surface area contributed by atoms with Crippen LogP contribution in [-0.2, 0) is 12.8 Å². The van der Waals surface area contributed by atoms with Gasteiger partial charge in [0.25, 0.3) is 0 Å². The van der Waals surface area contributed by atoms with Gasteiger partial charge in [-0.3, -0.25) is 4.79 Å². The second-order valence-corrected chi connectivity index (χ2v) is 3.51. The van der Waals surface area contributed by atoms with Crippen molar-refractivity contribution in [2.75, 3.05) is 0 Å².